The first-order chi connectivity index (χ1) is 6.09. The van der Waals surface area contributed by atoms with E-state index in [-0.39, 0.29) is 10.7 Å². The van der Waals surface area contributed by atoms with Gasteiger partial charge in [-0.05, 0) is 18.2 Å². The van der Waals surface area contributed by atoms with Gasteiger partial charge in [0.2, 0.25) is 0 Å². The fraction of sp³-hybridized carbons (Fsp3) is 0. The molecule has 1 aromatic rings. The summed E-state index contributed by atoms with van der Waals surface area (Å²) in [6, 6.07) is 3.58. The number of benzene rings is 1. The quantitative estimate of drug-likeness (QED) is 0.602. The maximum Gasteiger partial charge on any atom is 0.277 e. The third-order valence-corrected chi connectivity index (χ3v) is 1.69. The summed E-state index contributed by atoms with van der Waals surface area (Å²) < 4.78 is 36.6. The first kappa shape index (κ1) is 10.2. The van der Waals surface area contributed by atoms with E-state index in [4.69, 9.17) is 11.6 Å². The van der Waals surface area contributed by atoms with Crippen LogP contribution in [0.25, 0.3) is 0 Å². The summed E-state index contributed by atoms with van der Waals surface area (Å²) in [5.74, 6) is -0.585. The van der Waals surface area contributed by atoms with Crippen LogP contribution < -0.4 is 5.48 Å². The summed E-state index contributed by atoms with van der Waals surface area (Å²) in [6.07, 6.45) is 0. The Kier molecular flexibility index (Phi) is 3.47. The Labute approximate surface area is 80.4 Å². The van der Waals surface area contributed by atoms with Crippen molar-refractivity contribution in [2.75, 3.05) is 5.48 Å². The van der Waals surface area contributed by atoms with Gasteiger partial charge in [0.05, 0.1) is 10.7 Å². The molecule has 0 aliphatic heterocycles. The average molecular weight is 226 g/mol. The molecule has 1 aromatic carbocycles. The van der Waals surface area contributed by atoms with Crippen LogP contribution in [-0.4, -0.2) is 8.42 Å². The maximum absolute atomic E-state index is 12.6. The van der Waals surface area contributed by atoms with Crippen molar-refractivity contribution >= 4 is 28.3 Å². The molecule has 0 saturated heterocycles. The molecule has 4 nitrogen and oxygen atoms in total. The molecular weight excluding hydrogens is 221 g/mol. The number of hydrogen-bond acceptors (Lipinski definition) is 4. The minimum Gasteiger partial charge on any atom is -0.250 e. The Morgan fingerprint density at radius 1 is 1.46 bits per heavy atom. The highest BCUT2D eigenvalue weighted by Crippen LogP contribution is 2.19. The molecule has 0 amide bonds. The van der Waals surface area contributed by atoms with Gasteiger partial charge in [0, 0.05) is 0 Å². The van der Waals surface area contributed by atoms with Crippen molar-refractivity contribution < 1.29 is 17.1 Å². The summed E-state index contributed by atoms with van der Waals surface area (Å²) >= 11 is 5.41. The van der Waals surface area contributed by atoms with E-state index in [1.807, 2.05) is 0 Å². The van der Waals surface area contributed by atoms with Crippen LogP contribution in [0, 0.1) is 5.82 Å². The van der Waals surface area contributed by atoms with Gasteiger partial charge >= 0.3 is 0 Å². The van der Waals surface area contributed by atoms with Gasteiger partial charge in [-0.2, -0.15) is 4.28 Å². The molecule has 0 saturated carbocycles. The van der Waals surface area contributed by atoms with Crippen LogP contribution in [0.1, 0.15) is 0 Å². The van der Waals surface area contributed by atoms with E-state index in [2.05, 4.69) is 9.76 Å². The molecule has 0 spiro atoms. The van der Waals surface area contributed by atoms with E-state index < -0.39 is 16.8 Å². The van der Waals surface area contributed by atoms with Gasteiger partial charge in [-0.25, -0.2) is 18.3 Å². The molecule has 0 bridgehead atoms. The van der Waals surface area contributed by atoms with Gasteiger partial charge in [0.15, 0.2) is 0 Å². The van der Waals surface area contributed by atoms with Crippen molar-refractivity contribution in [1.82, 2.24) is 0 Å². The number of rotatable bonds is 3. The van der Waals surface area contributed by atoms with Gasteiger partial charge in [-0.3, -0.25) is 0 Å². The minimum atomic E-state index is -2.99. The Morgan fingerprint density at radius 3 is 2.69 bits per heavy atom. The molecule has 1 rings (SSSR count). The summed E-state index contributed by atoms with van der Waals surface area (Å²) in [5, 5.41) is -0.116. The van der Waals surface area contributed by atoms with Gasteiger partial charge < -0.3 is 0 Å². The molecular formula is C6H5ClFNO3S. The number of hydrogen-bond donors (Lipinski definition) is 2. The molecule has 0 heterocycles. The topological polar surface area (TPSA) is 55.4 Å². The van der Waals surface area contributed by atoms with E-state index in [1.165, 1.54) is 12.1 Å². The van der Waals surface area contributed by atoms with Crippen molar-refractivity contribution in [1.29, 1.82) is 0 Å². The van der Waals surface area contributed by atoms with Crippen LogP contribution in [0.2, 0.25) is 5.02 Å². The largest absolute Gasteiger partial charge is 0.277 e. The minimum absolute atomic E-state index is 0.116. The fourth-order valence-corrected chi connectivity index (χ4v) is 1.01. The van der Waals surface area contributed by atoms with Gasteiger partial charge in [0.25, 0.3) is 11.0 Å². The molecule has 0 radical (unpaired) electrons. The molecule has 7 heteroatoms. The lowest BCUT2D eigenvalue weighted by Gasteiger charge is -2.01. The first-order valence-corrected chi connectivity index (χ1v) is 4.59. The summed E-state index contributed by atoms with van der Waals surface area (Å²) in [7, 11) is -2.99. The van der Waals surface area contributed by atoms with Gasteiger partial charge in [-0.1, -0.05) is 11.6 Å². The number of thiol groups is 1. The van der Waals surface area contributed by atoms with E-state index in [9.17, 15) is 12.8 Å². The molecule has 72 valence electrons. The van der Waals surface area contributed by atoms with E-state index >= 15 is 0 Å². The van der Waals surface area contributed by atoms with Crippen LogP contribution in [0.4, 0.5) is 10.1 Å². The zero-order chi connectivity index (χ0) is 9.84. The highest BCUT2D eigenvalue weighted by atomic mass is 35.5. The van der Waals surface area contributed by atoms with E-state index in [0.717, 1.165) is 6.07 Å². The second kappa shape index (κ2) is 4.40. The molecule has 0 fully saturated rings. The molecule has 0 atom stereocenters. The normalized spacial score (nSPS) is 10.4. The molecule has 0 aromatic heterocycles. The molecule has 0 unspecified atom stereocenters. The maximum atomic E-state index is 12.6. The van der Waals surface area contributed by atoms with Crippen LogP contribution in [-0.2, 0) is 15.3 Å². The number of nitrogens with one attached hydrogen (secondary N) is 1. The monoisotopic (exact) mass is 225 g/mol. The second-order valence-corrected chi connectivity index (χ2v) is 3.08. The lowest BCUT2D eigenvalue weighted by atomic mass is 10.3. The third kappa shape index (κ3) is 3.17. The average Bonchev–Trinajstić information content (AvgIpc) is 2.07. The standard InChI is InChI=1S/C6H5ClFNO3S/c7-5-3-4(1-2-6(5)8)9-12-13(10)11/h1-3,9,13H. The highest BCUT2D eigenvalue weighted by Gasteiger charge is 2.00. The van der Waals surface area contributed by atoms with Crippen molar-refractivity contribution in [2.24, 2.45) is 0 Å². The highest BCUT2D eigenvalue weighted by molar-refractivity contribution is 7.67. The van der Waals surface area contributed by atoms with Crippen LogP contribution in [0.3, 0.4) is 0 Å². The van der Waals surface area contributed by atoms with Crippen LogP contribution >= 0.6 is 11.6 Å². The smallest absolute Gasteiger partial charge is 0.250 e. The SMILES string of the molecule is O=[SH](=O)ONc1ccc(F)c(Cl)c1. The summed E-state index contributed by atoms with van der Waals surface area (Å²) in [6.45, 7) is 0. The van der Waals surface area contributed by atoms with Crippen molar-refractivity contribution in [3.8, 4) is 0 Å². The second-order valence-electron chi connectivity index (χ2n) is 2.05. The summed E-state index contributed by atoms with van der Waals surface area (Å²) in [5.41, 5.74) is 2.32. The van der Waals surface area contributed by atoms with E-state index in [1.54, 1.807) is 0 Å². The molecule has 13 heavy (non-hydrogen) atoms. The Balaban J connectivity index is 2.74. The molecule has 1 N–H and O–H groups in total. The molecule has 0 aliphatic rings. The van der Waals surface area contributed by atoms with E-state index in [0.29, 0.717) is 0 Å². The van der Waals surface area contributed by atoms with Crippen molar-refractivity contribution in [3.05, 3.63) is 29.0 Å². The first-order valence-electron chi connectivity index (χ1n) is 3.12. The Hall–Kier alpha value is -0.850. The zero-order valence-corrected chi connectivity index (χ0v) is 7.81. The fourth-order valence-electron chi connectivity index (χ4n) is 0.650. The predicted octanol–water partition coefficient (Wildman–Crippen LogP) is 1.35. The number of halogens is 2. The lowest BCUT2D eigenvalue weighted by Crippen LogP contribution is -1.98. The van der Waals surface area contributed by atoms with Crippen molar-refractivity contribution in [2.45, 2.75) is 0 Å². The third-order valence-electron chi connectivity index (χ3n) is 1.16. The summed E-state index contributed by atoms with van der Waals surface area (Å²) in [4.78, 5) is 0. The predicted molar refractivity (Wildman–Crippen MR) is 46.4 cm³/mol. The Bertz CT molecular complexity index is 374. The Morgan fingerprint density at radius 2 is 2.15 bits per heavy atom. The van der Waals surface area contributed by atoms with Gasteiger partial charge in [0.1, 0.15) is 5.82 Å². The van der Waals surface area contributed by atoms with Gasteiger partial charge in [-0.15, -0.1) is 0 Å². The van der Waals surface area contributed by atoms with Crippen molar-refractivity contribution in [3.63, 3.8) is 0 Å². The van der Waals surface area contributed by atoms with Crippen LogP contribution in [0.5, 0.6) is 0 Å². The van der Waals surface area contributed by atoms with Crippen LogP contribution in [0.15, 0.2) is 18.2 Å². The molecule has 0 aliphatic carbocycles. The lowest BCUT2D eigenvalue weighted by molar-refractivity contribution is 0.410. The zero-order valence-electron chi connectivity index (χ0n) is 6.16. The number of anilines is 1.